The van der Waals surface area contributed by atoms with Gasteiger partial charge in [0.2, 0.25) is 0 Å². The van der Waals surface area contributed by atoms with Gasteiger partial charge in [0, 0.05) is 16.8 Å². The number of nitrogens with two attached hydrogens (primary N) is 1. The number of nitrogen functional groups attached to an aromatic ring is 1. The van der Waals surface area contributed by atoms with Crippen LogP contribution in [0.2, 0.25) is 5.02 Å². The molecule has 0 bridgehead atoms. The maximum absolute atomic E-state index is 12.2. The molecule has 3 aromatic rings. The molecule has 1 aromatic heterocycles. The van der Waals surface area contributed by atoms with Crippen LogP contribution >= 0.6 is 11.6 Å². The Bertz CT molecular complexity index is 1000. The molecule has 2 N–H and O–H groups in total. The van der Waals surface area contributed by atoms with Crippen molar-refractivity contribution in [3.8, 4) is 22.9 Å². The summed E-state index contributed by atoms with van der Waals surface area (Å²) in [5.41, 5.74) is 8.81. The molecule has 0 fully saturated rings. The van der Waals surface area contributed by atoms with E-state index in [-0.39, 0.29) is 16.9 Å². The lowest BCUT2D eigenvalue weighted by Crippen LogP contribution is -2.11. The first-order valence-electron chi connectivity index (χ1n) is 7.41. The van der Waals surface area contributed by atoms with Crippen molar-refractivity contribution in [2.24, 2.45) is 0 Å². The molecule has 0 aliphatic carbocycles. The van der Waals surface area contributed by atoms with Crippen LogP contribution in [0.3, 0.4) is 0 Å². The molecule has 0 spiro atoms. The normalized spacial score (nSPS) is 10.3. The van der Waals surface area contributed by atoms with Gasteiger partial charge in [-0.3, -0.25) is 0 Å². The summed E-state index contributed by atoms with van der Waals surface area (Å²) in [6, 6.07) is 16.8. The molecule has 0 unspecified atom stereocenters. The summed E-state index contributed by atoms with van der Waals surface area (Å²) in [6.45, 7) is 0. The number of rotatable bonds is 3. The molecule has 2 aromatic carbocycles. The second kappa shape index (κ2) is 6.71. The number of hydrogen-bond acceptors (Lipinski definition) is 4. The minimum Gasteiger partial charge on any atom is -0.464 e. The van der Waals surface area contributed by atoms with E-state index >= 15 is 0 Å². The highest BCUT2D eigenvalue weighted by atomic mass is 35.5. The van der Waals surface area contributed by atoms with Crippen molar-refractivity contribution in [2.75, 3.05) is 12.8 Å². The van der Waals surface area contributed by atoms with E-state index in [0.29, 0.717) is 10.7 Å². The first kappa shape index (κ1) is 16.6. The number of esters is 1. The van der Waals surface area contributed by atoms with Gasteiger partial charge in [-0.25, -0.2) is 4.79 Å². The number of nitriles is 1. The lowest BCUT2D eigenvalue weighted by molar-refractivity contribution is 0.0593. The highest BCUT2D eigenvalue weighted by molar-refractivity contribution is 6.30. The first-order valence-corrected chi connectivity index (χ1v) is 7.79. The average molecular weight is 352 g/mol. The maximum atomic E-state index is 12.2. The molecule has 0 radical (unpaired) electrons. The summed E-state index contributed by atoms with van der Waals surface area (Å²) < 4.78 is 6.41. The smallest absolute Gasteiger partial charge is 0.357 e. The largest absolute Gasteiger partial charge is 0.464 e. The van der Waals surface area contributed by atoms with E-state index in [1.807, 2.05) is 48.5 Å². The third-order valence-electron chi connectivity index (χ3n) is 3.84. The Morgan fingerprint density at radius 1 is 1.24 bits per heavy atom. The molecule has 0 aliphatic heterocycles. The van der Waals surface area contributed by atoms with E-state index < -0.39 is 5.97 Å². The fraction of sp³-hybridized carbons (Fsp3) is 0.0526. The Kier molecular flexibility index (Phi) is 4.46. The molecule has 25 heavy (non-hydrogen) atoms. The third-order valence-corrected chi connectivity index (χ3v) is 4.08. The molecule has 3 rings (SSSR count). The lowest BCUT2D eigenvalue weighted by Gasteiger charge is -2.14. The van der Waals surface area contributed by atoms with E-state index in [4.69, 9.17) is 22.1 Å². The van der Waals surface area contributed by atoms with Gasteiger partial charge in [-0.15, -0.1) is 0 Å². The zero-order valence-corrected chi connectivity index (χ0v) is 14.1. The number of benzene rings is 2. The molecule has 0 amide bonds. The zero-order valence-electron chi connectivity index (χ0n) is 13.4. The standard InChI is InChI=1S/C19H14ClN3O2/c1-25-19(24)18-17(22)13(10-21)11-23(18)16-8-3-2-7-15(16)12-5-4-6-14(20)9-12/h2-9,11H,22H2,1H3. The summed E-state index contributed by atoms with van der Waals surface area (Å²) in [4.78, 5) is 12.2. The van der Waals surface area contributed by atoms with Gasteiger partial charge in [0.1, 0.15) is 6.07 Å². The predicted octanol–water partition coefficient (Wildman–Crippen LogP) is 4.04. The van der Waals surface area contributed by atoms with Crippen LogP contribution in [0.15, 0.2) is 54.7 Å². The Morgan fingerprint density at radius 2 is 2.00 bits per heavy atom. The minimum atomic E-state index is -0.611. The fourth-order valence-electron chi connectivity index (χ4n) is 2.69. The number of methoxy groups -OCH3 is 1. The van der Waals surface area contributed by atoms with E-state index in [0.717, 1.165) is 11.1 Å². The molecular weight excluding hydrogens is 338 g/mol. The summed E-state index contributed by atoms with van der Waals surface area (Å²) >= 11 is 6.11. The summed E-state index contributed by atoms with van der Waals surface area (Å²) in [5.74, 6) is -0.611. The topological polar surface area (TPSA) is 81.0 Å². The van der Waals surface area contributed by atoms with Crippen LogP contribution in [0.1, 0.15) is 16.1 Å². The molecule has 1 heterocycles. The van der Waals surface area contributed by atoms with E-state index in [1.54, 1.807) is 10.6 Å². The van der Waals surface area contributed by atoms with Crippen molar-refractivity contribution >= 4 is 23.3 Å². The van der Waals surface area contributed by atoms with Crippen LogP contribution in [0, 0.1) is 11.3 Å². The van der Waals surface area contributed by atoms with E-state index in [2.05, 4.69) is 0 Å². The number of carbonyl (C=O) groups excluding carboxylic acids is 1. The van der Waals surface area contributed by atoms with Gasteiger partial charge in [0.15, 0.2) is 5.69 Å². The van der Waals surface area contributed by atoms with Crippen molar-refractivity contribution in [3.63, 3.8) is 0 Å². The Hall–Kier alpha value is -3.23. The first-order chi connectivity index (χ1) is 12.1. The number of aromatic nitrogens is 1. The molecular formula is C19H14ClN3O2. The second-order valence-corrected chi connectivity index (χ2v) is 5.74. The van der Waals surface area contributed by atoms with E-state index in [9.17, 15) is 10.1 Å². The van der Waals surface area contributed by atoms with Crippen molar-refractivity contribution in [3.05, 3.63) is 71.0 Å². The van der Waals surface area contributed by atoms with Crippen LogP contribution in [0.5, 0.6) is 0 Å². The van der Waals surface area contributed by atoms with Crippen LogP contribution in [0.25, 0.3) is 16.8 Å². The second-order valence-electron chi connectivity index (χ2n) is 5.31. The number of ether oxygens (including phenoxy) is 1. The van der Waals surface area contributed by atoms with Crippen LogP contribution in [0.4, 0.5) is 5.69 Å². The number of carbonyl (C=O) groups is 1. The van der Waals surface area contributed by atoms with Crippen molar-refractivity contribution in [1.82, 2.24) is 4.57 Å². The number of hydrogen-bond donors (Lipinski definition) is 1. The highest BCUT2D eigenvalue weighted by Gasteiger charge is 2.23. The van der Waals surface area contributed by atoms with Gasteiger partial charge in [-0.1, -0.05) is 41.9 Å². The molecule has 0 atom stereocenters. The Balaban J connectivity index is 2.29. The maximum Gasteiger partial charge on any atom is 0.357 e. The molecule has 0 aliphatic rings. The fourth-order valence-corrected chi connectivity index (χ4v) is 2.88. The predicted molar refractivity (Wildman–Crippen MR) is 96.7 cm³/mol. The summed E-state index contributed by atoms with van der Waals surface area (Å²) in [7, 11) is 1.27. The Morgan fingerprint density at radius 3 is 2.68 bits per heavy atom. The summed E-state index contributed by atoms with van der Waals surface area (Å²) in [6.07, 6.45) is 1.53. The van der Waals surface area contributed by atoms with Gasteiger partial charge >= 0.3 is 5.97 Å². The van der Waals surface area contributed by atoms with Gasteiger partial charge in [-0.05, 0) is 23.8 Å². The molecule has 5 nitrogen and oxygen atoms in total. The van der Waals surface area contributed by atoms with Crippen LogP contribution < -0.4 is 5.73 Å². The number of halogens is 1. The third kappa shape index (κ3) is 2.95. The molecule has 0 saturated carbocycles. The zero-order chi connectivity index (χ0) is 18.0. The van der Waals surface area contributed by atoms with Crippen LogP contribution in [-0.4, -0.2) is 17.6 Å². The van der Waals surface area contributed by atoms with Gasteiger partial charge in [0.05, 0.1) is 24.0 Å². The lowest BCUT2D eigenvalue weighted by atomic mass is 10.0. The quantitative estimate of drug-likeness (QED) is 0.722. The molecule has 0 saturated heterocycles. The number of nitrogens with zero attached hydrogens (tertiary/aromatic N) is 2. The Labute approximate surface area is 149 Å². The molecule has 124 valence electrons. The number of anilines is 1. The summed E-state index contributed by atoms with van der Waals surface area (Å²) in [5, 5.41) is 9.87. The van der Waals surface area contributed by atoms with Crippen LogP contribution in [-0.2, 0) is 4.74 Å². The average Bonchev–Trinajstić information content (AvgIpc) is 2.97. The monoisotopic (exact) mass is 351 g/mol. The molecule has 6 heteroatoms. The number of para-hydroxylation sites is 1. The highest BCUT2D eigenvalue weighted by Crippen LogP contribution is 2.32. The minimum absolute atomic E-state index is 0.0928. The van der Waals surface area contributed by atoms with Gasteiger partial charge in [0.25, 0.3) is 0 Å². The van der Waals surface area contributed by atoms with Crippen molar-refractivity contribution in [1.29, 1.82) is 5.26 Å². The van der Waals surface area contributed by atoms with Crippen molar-refractivity contribution < 1.29 is 9.53 Å². The van der Waals surface area contributed by atoms with Gasteiger partial charge < -0.3 is 15.0 Å². The van der Waals surface area contributed by atoms with E-state index in [1.165, 1.54) is 13.3 Å². The van der Waals surface area contributed by atoms with Crippen molar-refractivity contribution in [2.45, 2.75) is 0 Å². The van der Waals surface area contributed by atoms with Gasteiger partial charge in [-0.2, -0.15) is 5.26 Å². The SMILES string of the molecule is COC(=O)c1c(N)c(C#N)cn1-c1ccccc1-c1cccc(Cl)c1.